The van der Waals surface area contributed by atoms with Crippen molar-refractivity contribution in [2.24, 2.45) is 0 Å². The van der Waals surface area contributed by atoms with Crippen LogP contribution in [0.2, 0.25) is 0 Å². The topological polar surface area (TPSA) is 99.9 Å². The molecule has 0 saturated carbocycles. The molecule has 0 atom stereocenters. The third kappa shape index (κ3) is 4.35. The Morgan fingerprint density at radius 2 is 1.78 bits per heavy atom. The minimum absolute atomic E-state index is 0.0571. The van der Waals surface area contributed by atoms with Gasteiger partial charge in [-0.2, -0.15) is 0 Å². The van der Waals surface area contributed by atoms with Crippen molar-refractivity contribution >= 4 is 23.4 Å². The third-order valence-electron chi connectivity index (χ3n) is 3.91. The summed E-state index contributed by atoms with van der Waals surface area (Å²) in [5.41, 5.74) is 1.31. The second kappa shape index (κ2) is 8.70. The number of ether oxygens (including phenoxy) is 3. The van der Waals surface area contributed by atoms with Crippen LogP contribution in [0.1, 0.15) is 11.1 Å². The molecule has 2 aromatic rings. The highest BCUT2D eigenvalue weighted by atomic mass is 16.6. The van der Waals surface area contributed by atoms with E-state index < -0.39 is 10.8 Å². The van der Waals surface area contributed by atoms with Crippen LogP contribution in [0.15, 0.2) is 36.4 Å². The smallest absolute Gasteiger partial charge is 0.274 e. The van der Waals surface area contributed by atoms with Crippen LogP contribution in [0.3, 0.4) is 0 Å². The number of methoxy groups -OCH3 is 3. The monoisotopic (exact) mass is 372 g/mol. The zero-order chi connectivity index (χ0) is 20.0. The molecule has 0 radical (unpaired) electrons. The number of carbonyl (C=O) groups excluding carboxylic acids is 1. The molecule has 0 unspecified atom stereocenters. The Balaban J connectivity index is 2.25. The first-order chi connectivity index (χ1) is 12.9. The Hall–Kier alpha value is -3.55. The van der Waals surface area contributed by atoms with Gasteiger partial charge < -0.3 is 19.5 Å². The quantitative estimate of drug-likeness (QED) is 0.453. The molecule has 27 heavy (non-hydrogen) atoms. The second-order valence-electron chi connectivity index (χ2n) is 5.45. The van der Waals surface area contributed by atoms with E-state index in [2.05, 4.69) is 5.32 Å². The summed E-state index contributed by atoms with van der Waals surface area (Å²) in [5.74, 6) is 0.906. The maximum absolute atomic E-state index is 12.2. The van der Waals surface area contributed by atoms with Crippen LogP contribution in [0.4, 0.5) is 11.4 Å². The van der Waals surface area contributed by atoms with Gasteiger partial charge in [-0.25, -0.2) is 0 Å². The van der Waals surface area contributed by atoms with Crippen LogP contribution >= 0.6 is 0 Å². The molecule has 8 heteroatoms. The number of nitro groups is 1. The van der Waals surface area contributed by atoms with Crippen LogP contribution in [-0.2, 0) is 4.79 Å². The van der Waals surface area contributed by atoms with E-state index in [1.54, 1.807) is 31.2 Å². The van der Waals surface area contributed by atoms with E-state index in [1.807, 2.05) is 0 Å². The lowest BCUT2D eigenvalue weighted by atomic mass is 10.1. The summed E-state index contributed by atoms with van der Waals surface area (Å²) in [6.45, 7) is 1.58. The first-order valence-electron chi connectivity index (χ1n) is 7.95. The lowest BCUT2D eigenvalue weighted by molar-refractivity contribution is -0.385. The number of nitrogens with one attached hydrogen (secondary N) is 1. The molecule has 0 aromatic heterocycles. The fourth-order valence-corrected chi connectivity index (χ4v) is 2.55. The highest BCUT2D eigenvalue weighted by Crippen LogP contribution is 2.40. The Kier molecular flexibility index (Phi) is 6.37. The largest absolute Gasteiger partial charge is 0.493 e. The van der Waals surface area contributed by atoms with Crippen molar-refractivity contribution in [2.75, 3.05) is 26.6 Å². The molecule has 2 aromatic carbocycles. The summed E-state index contributed by atoms with van der Waals surface area (Å²) >= 11 is 0. The summed E-state index contributed by atoms with van der Waals surface area (Å²) in [6.07, 6.45) is 2.87. The van der Waals surface area contributed by atoms with E-state index in [-0.39, 0.29) is 5.69 Å². The molecule has 0 aliphatic rings. The molecule has 0 spiro atoms. The highest BCUT2D eigenvalue weighted by molar-refractivity contribution is 6.02. The number of hydrogen-bond acceptors (Lipinski definition) is 6. The Bertz CT molecular complexity index is 892. The number of amides is 1. The molecule has 0 saturated heterocycles. The Morgan fingerprint density at radius 3 is 2.37 bits per heavy atom. The lowest BCUT2D eigenvalue weighted by Gasteiger charge is -2.14. The van der Waals surface area contributed by atoms with Gasteiger partial charge in [0.1, 0.15) is 0 Å². The van der Waals surface area contributed by atoms with Gasteiger partial charge in [-0.3, -0.25) is 14.9 Å². The summed E-state index contributed by atoms with van der Waals surface area (Å²) in [4.78, 5) is 22.7. The Labute approximate surface area is 156 Å². The lowest BCUT2D eigenvalue weighted by Crippen LogP contribution is -2.09. The van der Waals surface area contributed by atoms with Crippen LogP contribution in [0.25, 0.3) is 6.08 Å². The fraction of sp³-hybridized carbons (Fsp3) is 0.211. The summed E-state index contributed by atoms with van der Waals surface area (Å²) in [6, 6.07) is 7.93. The predicted octanol–water partition coefficient (Wildman–Crippen LogP) is 3.58. The maximum atomic E-state index is 12.2. The average Bonchev–Trinajstić information content (AvgIpc) is 2.66. The van der Waals surface area contributed by atoms with Gasteiger partial charge in [-0.05, 0) is 31.2 Å². The number of rotatable bonds is 7. The molecule has 8 nitrogen and oxygen atoms in total. The van der Waals surface area contributed by atoms with Gasteiger partial charge in [0.2, 0.25) is 11.7 Å². The molecule has 142 valence electrons. The number of anilines is 1. The molecular weight excluding hydrogens is 352 g/mol. The van der Waals surface area contributed by atoms with Crippen LogP contribution in [0, 0.1) is 17.0 Å². The highest BCUT2D eigenvalue weighted by Gasteiger charge is 2.16. The van der Waals surface area contributed by atoms with Gasteiger partial charge in [0.15, 0.2) is 11.5 Å². The normalized spacial score (nSPS) is 10.5. The molecule has 2 rings (SSSR count). The van der Waals surface area contributed by atoms with E-state index >= 15 is 0 Å². The third-order valence-corrected chi connectivity index (χ3v) is 3.91. The van der Waals surface area contributed by atoms with Gasteiger partial charge in [-0.1, -0.05) is 6.07 Å². The van der Waals surface area contributed by atoms with Crippen molar-refractivity contribution < 1.29 is 23.9 Å². The Morgan fingerprint density at radius 1 is 1.07 bits per heavy atom. The number of nitrogens with zero attached hydrogens (tertiary/aromatic N) is 1. The van der Waals surface area contributed by atoms with Gasteiger partial charge in [0.05, 0.1) is 37.5 Å². The minimum Gasteiger partial charge on any atom is -0.493 e. The first kappa shape index (κ1) is 19.8. The van der Waals surface area contributed by atoms with E-state index in [4.69, 9.17) is 14.2 Å². The number of hydrogen-bond donors (Lipinski definition) is 1. The standard InChI is InChI=1S/C19H20N2O6/c1-12-14(6-5-7-15(12)21(23)24)20-17(22)11-9-13-8-10-16(25-2)19(27-4)18(13)26-3/h5-11H,1-4H3,(H,20,22)/b11-9+. The summed E-state index contributed by atoms with van der Waals surface area (Å²) in [5, 5.41) is 13.6. The van der Waals surface area contributed by atoms with Gasteiger partial charge in [0, 0.05) is 17.7 Å². The number of carbonyl (C=O) groups is 1. The van der Waals surface area contributed by atoms with Crippen molar-refractivity contribution in [3.05, 3.63) is 57.6 Å². The molecule has 1 amide bonds. The molecule has 1 N–H and O–H groups in total. The van der Waals surface area contributed by atoms with E-state index in [1.165, 1.54) is 39.5 Å². The zero-order valence-corrected chi connectivity index (χ0v) is 15.4. The summed E-state index contributed by atoms with van der Waals surface area (Å²) < 4.78 is 15.9. The molecule has 0 fully saturated rings. The van der Waals surface area contributed by atoms with Crippen molar-refractivity contribution in [1.82, 2.24) is 0 Å². The average molecular weight is 372 g/mol. The van der Waals surface area contributed by atoms with Crippen molar-refractivity contribution in [1.29, 1.82) is 0 Å². The molecule has 0 heterocycles. The summed E-state index contributed by atoms with van der Waals surface area (Å²) in [7, 11) is 4.49. The molecule has 0 aliphatic carbocycles. The van der Waals surface area contributed by atoms with Gasteiger partial charge >= 0.3 is 0 Å². The molecular formula is C19H20N2O6. The zero-order valence-electron chi connectivity index (χ0n) is 15.4. The number of benzene rings is 2. The van der Waals surface area contributed by atoms with Crippen molar-refractivity contribution in [3.63, 3.8) is 0 Å². The number of nitro benzene ring substituents is 1. The predicted molar refractivity (Wildman–Crippen MR) is 102 cm³/mol. The van der Waals surface area contributed by atoms with Crippen molar-refractivity contribution in [3.8, 4) is 17.2 Å². The van der Waals surface area contributed by atoms with E-state index in [9.17, 15) is 14.9 Å². The fourth-order valence-electron chi connectivity index (χ4n) is 2.55. The van der Waals surface area contributed by atoms with E-state index in [0.29, 0.717) is 34.1 Å². The first-order valence-corrected chi connectivity index (χ1v) is 7.95. The minimum atomic E-state index is -0.491. The maximum Gasteiger partial charge on any atom is 0.274 e. The molecule has 0 bridgehead atoms. The molecule has 0 aliphatic heterocycles. The van der Waals surface area contributed by atoms with Crippen LogP contribution < -0.4 is 19.5 Å². The van der Waals surface area contributed by atoms with Crippen LogP contribution in [0.5, 0.6) is 17.2 Å². The van der Waals surface area contributed by atoms with E-state index in [0.717, 1.165) is 0 Å². The SMILES string of the molecule is COc1ccc(/C=C/C(=O)Nc2cccc([N+](=O)[O-])c2C)c(OC)c1OC. The van der Waals surface area contributed by atoms with Gasteiger partial charge in [-0.15, -0.1) is 0 Å². The van der Waals surface area contributed by atoms with Crippen LogP contribution in [-0.4, -0.2) is 32.2 Å². The van der Waals surface area contributed by atoms with Crippen molar-refractivity contribution in [2.45, 2.75) is 6.92 Å². The second-order valence-corrected chi connectivity index (χ2v) is 5.45. The van der Waals surface area contributed by atoms with Gasteiger partial charge in [0.25, 0.3) is 5.69 Å².